The molecule has 0 aliphatic heterocycles. The van der Waals surface area contributed by atoms with Gasteiger partial charge in [-0.05, 0) is 38.1 Å². The standard InChI is InChI=1S/C13H19NO/c1-14(2)10-9-13-7-5-12(6-8-13)4-3-11-15/h5-8,11H,3-4,9-10H2,1-2H3. The Labute approximate surface area is 91.9 Å². The van der Waals surface area contributed by atoms with Crippen molar-refractivity contribution < 1.29 is 4.79 Å². The molecule has 0 bridgehead atoms. The fraction of sp³-hybridized carbons (Fsp3) is 0.462. The normalized spacial score (nSPS) is 10.6. The lowest BCUT2D eigenvalue weighted by Crippen LogP contribution is -2.14. The molecule has 0 aliphatic carbocycles. The fourth-order valence-electron chi connectivity index (χ4n) is 1.45. The first kappa shape index (κ1) is 11.9. The van der Waals surface area contributed by atoms with Gasteiger partial charge in [0.05, 0.1) is 0 Å². The van der Waals surface area contributed by atoms with Crippen molar-refractivity contribution in [2.75, 3.05) is 20.6 Å². The summed E-state index contributed by atoms with van der Waals surface area (Å²) in [6.45, 7) is 1.08. The Morgan fingerprint density at radius 3 is 2.07 bits per heavy atom. The van der Waals surface area contributed by atoms with Crippen molar-refractivity contribution in [2.45, 2.75) is 19.3 Å². The summed E-state index contributed by atoms with van der Waals surface area (Å²) in [6.07, 6.45) is 3.54. The van der Waals surface area contributed by atoms with Crippen molar-refractivity contribution in [3.8, 4) is 0 Å². The predicted molar refractivity (Wildman–Crippen MR) is 63.1 cm³/mol. The highest BCUT2D eigenvalue weighted by Crippen LogP contribution is 2.07. The molecular weight excluding hydrogens is 186 g/mol. The van der Waals surface area contributed by atoms with Gasteiger partial charge in [-0.3, -0.25) is 0 Å². The minimum atomic E-state index is 0.622. The van der Waals surface area contributed by atoms with Crippen LogP contribution in [0, 0.1) is 0 Å². The largest absolute Gasteiger partial charge is 0.309 e. The monoisotopic (exact) mass is 205 g/mol. The minimum Gasteiger partial charge on any atom is -0.309 e. The minimum absolute atomic E-state index is 0.622. The van der Waals surface area contributed by atoms with Gasteiger partial charge in [0, 0.05) is 13.0 Å². The van der Waals surface area contributed by atoms with Gasteiger partial charge < -0.3 is 9.69 Å². The van der Waals surface area contributed by atoms with Gasteiger partial charge in [0.15, 0.2) is 0 Å². The molecule has 0 unspecified atom stereocenters. The van der Waals surface area contributed by atoms with Gasteiger partial charge in [-0.25, -0.2) is 0 Å². The second-order valence-corrected chi connectivity index (χ2v) is 4.08. The van der Waals surface area contributed by atoms with Crippen LogP contribution in [-0.4, -0.2) is 31.8 Å². The number of hydrogen-bond donors (Lipinski definition) is 0. The van der Waals surface area contributed by atoms with Gasteiger partial charge in [-0.15, -0.1) is 0 Å². The van der Waals surface area contributed by atoms with E-state index in [-0.39, 0.29) is 0 Å². The zero-order chi connectivity index (χ0) is 11.1. The van der Waals surface area contributed by atoms with Crippen molar-refractivity contribution in [3.05, 3.63) is 35.4 Å². The van der Waals surface area contributed by atoms with Crippen molar-refractivity contribution >= 4 is 6.29 Å². The third-order valence-electron chi connectivity index (χ3n) is 2.42. The van der Waals surface area contributed by atoms with Crippen LogP contribution in [0.2, 0.25) is 0 Å². The van der Waals surface area contributed by atoms with E-state index in [1.165, 1.54) is 11.1 Å². The molecule has 1 aromatic rings. The van der Waals surface area contributed by atoms with Gasteiger partial charge in [0.25, 0.3) is 0 Å². The Balaban J connectivity index is 2.45. The summed E-state index contributed by atoms with van der Waals surface area (Å²) in [5.74, 6) is 0. The molecule has 1 aromatic carbocycles. The van der Waals surface area contributed by atoms with Crippen molar-refractivity contribution in [3.63, 3.8) is 0 Å². The average molecular weight is 205 g/mol. The van der Waals surface area contributed by atoms with E-state index >= 15 is 0 Å². The average Bonchev–Trinajstić information content (AvgIpc) is 2.25. The van der Waals surface area contributed by atoms with Crippen LogP contribution in [0.1, 0.15) is 17.5 Å². The molecule has 2 heteroatoms. The number of aldehydes is 1. The molecule has 1 rings (SSSR count). The van der Waals surface area contributed by atoms with Crippen LogP contribution in [-0.2, 0) is 17.6 Å². The molecule has 2 nitrogen and oxygen atoms in total. The number of likely N-dealkylation sites (N-methyl/N-ethyl adjacent to an activating group) is 1. The number of carbonyl (C=O) groups is 1. The van der Waals surface area contributed by atoms with Gasteiger partial charge in [0.1, 0.15) is 6.29 Å². The maximum atomic E-state index is 10.2. The Kier molecular flexibility index (Phi) is 5.05. The molecule has 0 amide bonds. The summed E-state index contributed by atoms with van der Waals surface area (Å²) in [5, 5.41) is 0. The van der Waals surface area contributed by atoms with Crippen molar-refractivity contribution in [2.24, 2.45) is 0 Å². The number of carbonyl (C=O) groups excluding carboxylic acids is 1. The highest BCUT2D eigenvalue weighted by atomic mass is 16.1. The molecule has 0 radical (unpaired) electrons. The zero-order valence-electron chi connectivity index (χ0n) is 9.57. The first-order chi connectivity index (χ1) is 7.22. The zero-order valence-corrected chi connectivity index (χ0v) is 9.57. The van der Waals surface area contributed by atoms with E-state index in [2.05, 4.69) is 43.3 Å². The van der Waals surface area contributed by atoms with E-state index in [0.29, 0.717) is 6.42 Å². The van der Waals surface area contributed by atoms with Crippen molar-refractivity contribution in [1.29, 1.82) is 0 Å². The van der Waals surface area contributed by atoms with Crippen LogP contribution in [0.25, 0.3) is 0 Å². The van der Waals surface area contributed by atoms with E-state index < -0.39 is 0 Å². The second kappa shape index (κ2) is 6.36. The summed E-state index contributed by atoms with van der Waals surface area (Å²) in [4.78, 5) is 12.4. The third kappa shape index (κ3) is 4.75. The summed E-state index contributed by atoms with van der Waals surface area (Å²) < 4.78 is 0. The van der Waals surface area contributed by atoms with Crippen LogP contribution < -0.4 is 0 Å². The van der Waals surface area contributed by atoms with E-state index in [0.717, 1.165) is 25.7 Å². The first-order valence-corrected chi connectivity index (χ1v) is 5.38. The van der Waals surface area contributed by atoms with E-state index in [1.54, 1.807) is 0 Å². The van der Waals surface area contributed by atoms with Gasteiger partial charge in [-0.2, -0.15) is 0 Å². The van der Waals surface area contributed by atoms with Crippen LogP contribution >= 0.6 is 0 Å². The highest BCUT2D eigenvalue weighted by molar-refractivity contribution is 5.50. The number of nitrogens with zero attached hydrogens (tertiary/aromatic N) is 1. The third-order valence-corrected chi connectivity index (χ3v) is 2.42. The Bertz CT molecular complexity index is 290. The molecule has 0 atom stereocenters. The molecular formula is C13H19NO. The molecule has 82 valence electrons. The smallest absolute Gasteiger partial charge is 0.120 e. The second-order valence-electron chi connectivity index (χ2n) is 4.08. The van der Waals surface area contributed by atoms with Crippen LogP contribution in [0.15, 0.2) is 24.3 Å². The van der Waals surface area contributed by atoms with Crippen molar-refractivity contribution in [1.82, 2.24) is 4.90 Å². The molecule has 0 N–H and O–H groups in total. The summed E-state index contributed by atoms with van der Waals surface area (Å²) in [5.41, 5.74) is 2.61. The molecule has 15 heavy (non-hydrogen) atoms. The highest BCUT2D eigenvalue weighted by Gasteiger charge is 1.96. The topological polar surface area (TPSA) is 20.3 Å². The number of hydrogen-bond acceptors (Lipinski definition) is 2. The maximum Gasteiger partial charge on any atom is 0.120 e. The Morgan fingerprint density at radius 2 is 1.60 bits per heavy atom. The van der Waals surface area contributed by atoms with E-state index in [1.807, 2.05) is 0 Å². The maximum absolute atomic E-state index is 10.2. The summed E-state index contributed by atoms with van der Waals surface area (Å²) in [6, 6.07) is 8.55. The Hall–Kier alpha value is -1.15. The molecule has 0 aromatic heterocycles. The Morgan fingerprint density at radius 1 is 1.07 bits per heavy atom. The summed E-state index contributed by atoms with van der Waals surface area (Å²) >= 11 is 0. The van der Waals surface area contributed by atoms with E-state index in [9.17, 15) is 4.79 Å². The predicted octanol–water partition coefficient (Wildman–Crippen LogP) is 1.92. The lowest BCUT2D eigenvalue weighted by atomic mass is 10.1. The fourth-order valence-corrected chi connectivity index (χ4v) is 1.45. The van der Waals surface area contributed by atoms with Crippen LogP contribution in [0.4, 0.5) is 0 Å². The number of rotatable bonds is 6. The van der Waals surface area contributed by atoms with Gasteiger partial charge in [0.2, 0.25) is 0 Å². The number of aryl methyl sites for hydroxylation is 1. The number of benzene rings is 1. The van der Waals surface area contributed by atoms with Gasteiger partial charge >= 0.3 is 0 Å². The van der Waals surface area contributed by atoms with Crippen LogP contribution in [0.3, 0.4) is 0 Å². The molecule has 0 saturated carbocycles. The molecule has 0 heterocycles. The molecule has 0 aliphatic rings. The quantitative estimate of drug-likeness (QED) is 0.661. The molecule has 0 saturated heterocycles. The molecule has 0 spiro atoms. The molecule has 0 fully saturated rings. The van der Waals surface area contributed by atoms with E-state index in [4.69, 9.17) is 0 Å². The SMILES string of the molecule is CN(C)CCc1ccc(CCC=O)cc1. The first-order valence-electron chi connectivity index (χ1n) is 5.38. The lowest BCUT2D eigenvalue weighted by Gasteiger charge is -2.09. The van der Waals surface area contributed by atoms with Crippen LogP contribution in [0.5, 0.6) is 0 Å². The van der Waals surface area contributed by atoms with Gasteiger partial charge in [-0.1, -0.05) is 24.3 Å². The summed E-state index contributed by atoms with van der Waals surface area (Å²) in [7, 11) is 4.16. The lowest BCUT2D eigenvalue weighted by molar-refractivity contribution is -0.107.